The van der Waals surface area contributed by atoms with Crippen LogP contribution >= 0.6 is 0 Å². The molecule has 3 heteroatoms. The Kier molecular flexibility index (Phi) is 3.57. The lowest BCUT2D eigenvalue weighted by molar-refractivity contribution is 0.0809. The van der Waals surface area contributed by atoms with Crippen molar-refractivity contribution in [3.63, 3.8) is 0 Å². The van der Waals surface area contributed by atoms with Crippen LogP contribution in [0.1, 0.15) is 30.1 Å². The van der Waals surface area contributed by atoms with Crippen LogP contribution in [0.3, 0.4) is 0 Å². The highest BCUT2D eigenvalue weighted by Crippen LogP contribution is 2.16. The molecule has 1 aliphatic rings. The van der Waals surface area contributed by atoms with Crippen molar-refractivity contribution in [3.05, 3.63) is 35.9 Å². The second kappa shape index (κ2) is 5.12. The smallest absolute Gasteiger partial charge is 0.251 e. The Morgan fingerprint density at radius 3 is 2.88 bits per heavy atom. The molecule has 0 radical (unpaired) electrons. The number of amides is 1. The Hall–Kier alpha value is -1.35. The van der Waals surface area contributed by atoms with Crippen LogP contribution in [-0.2, 0) is 4.74 Å². The van der Waals surface area contributed by atoms with E-state index in [2.05, 4.69) is 12.2 Å². The summed E-state index contributed by atoms with van der Waals surface area (Å²) in [5, 5.41) is 3.03. The summed E-state index contributed by atoms with van der Waals surface area (Å²) in [6.45, 7) is 2.83. The van der Waals surface area contributed by atoms with Gasteiger partial charge in [-0.15, -0.1) is 0 Å². The summed E-state index contributed by atoms with van der Waals surface area (Å²) < 4.78 is 5.54. The van der Waals surface area contributed by atoms with E-state index >= 15 is 0 Å². The second-order valence-corrected chi connectivity index (χ2v) is 4.05. The highest BCUT2D eigenvalue weighted by atomic mass is 16.5. The van der Waals surface area contributed by atoms with Gasteiger partial charge in [0.2, 0.25) is 0 Å². The van der Waals surface area contributed by atoms with Crippen LogP contribution in [0.4, 0.5) is 0 Å². The van der Waals surface area contributed by atoms with Gasteiger partial charge in [-0.3, -0.25) is 4.79 Å². The predicted octanol–water partition coefficient (Wildman–Crippen LogP) is 1.98. The first-order chi connectivity index (χ1) is 7.81. The van der Waals surface area contributed by atoms with E-state index in [1.165, 1.54) is 0 Å². The van der Waals surface area contributed by atoms with Crippen molar-refractivity contribution in [2.75, 3.05) is 6.61 Å². The van der Waals surface area contributed by atoms with E-state index in [4.69, 9.17) is 4.74 Å². The number of carbonyl (C=O) groups is 1. The zero-order chi connectivity index (χ0) is 11.4. The van der Waals surface area contributed by atoms with Crippen molar-refractivity contribution in [2.45, 2.75) is 31.9 Å². The molecule has 1 amide bonds. The summed E-state index contributed by atoms with van der Waals surface area (Å²) in [7, 11) is 0. The van der Waals surface area contributed by atoms with Crippen LogP contribution in [0, 0.1) is 0 Å². The quantitative estimate of drug-likeness (QED) is 0.844. The van der Waals surface area contributed by atoms with Crippen LogP contribution in [0.25, 0.3) is 0 Å². The third kappa shape index (κ3) is 2.42. The number of carbonyl (C=O) groups excluding carboxylic acids is 1. The van der Waals surface area contributed by atoms with Gasteiger partial charge in [0.1, 0.15) is 0 Å². The summed E-state index contributed by atoms with van der Waals surface area (Å²) in [6, 6.07) is 9.47. The number of ether oxygens (including phenoxy) is 1. The monoisotopic (exact) mass is 219 g/mol. The van der Waals surface area contributed by atoms with Gasteiger partial charge in [0.25, 0.3) is 5.91 Å². The topological polar surface area (TPSA) is 38.3 Å². The number of rotatable bonds is 3. The molecule has 0 unspecified atom stereocenters. The average molecular weight is 219 g/mol. The lowest BCUT2D eigenvalue weighted by atomic mass is 10.1. The second-order valence-electron chi connectivity index (χ2n) is 4.05. The van der Waals surface area contributed by atoms with Crippen molar-refractivity contribution in [1.29, 1.82) is 0 Å². The van der Waals surface area contributed by atoms with Gasteiger partial charge < -0.3 is 10.1 Å². The van der Waals surface area contributed by atoms with E-state index in [0.29, 0.717) is 5.56 Å². The molecule has 1 fully saturated rings. The summed E-state index contributed by atoms with van der Waals surface area (Å²) >= 11 is 0. The lowest BCUT2D eigenvalue weighted by Gasteiger charge is -2.18. The predicted molar refractivity (Wildman–Crippen MR) is 62.3 cm³/mol. The SMILES string of the molecule is CC[C@@H]1OCC[C@H]1NC(=O)c1ccccc1. The molecule has 0 aromatic heterocycles. The minimum Gasteiger partial charge on any atom is -0.376 e. The van der Waals surface area contributed by atoms with Gasteiger partial charge >= 0.3 is 0 Å². The molecule has 3 nitrogen and oxygen atoms in total. The van der Waals surface area contributed by atoms with Crippen LogP contribution in [-0.4, -0.2) is 24.7 Å². The molecule has 1 aromatic rings. The van der Waals surface area contributed by atoms with Crippen molar-refractivity contribution in [3.8, 4) is 0 Å². The molecule has 0 bridgehead atoms. The molecule has 0 aliphatic carbocycles. The van der Waals surface area contributed by atoms with Gasteiger partial charge in [-0.05, 0) is 25.0 Å². The Labute approximate surface area is 95.8 Å². The summed E-state index contributed by atoms with van der Waals surface area (Å²) in [4.78, 5) is 11.9. The van der Waals surface area contributed by atoms with Gasteiger partial charge in [-0.25, -0.2) is 0 Å². The molecule has 16 heavy (non-hydrogen) atoms. The maximum atomic E-state index is 11.9. The summed E-state index contributed by atoms with van der Waals surface area (Å²) in [5.74, 6) is -0.00505. The normalized spacial score (nSPS) is 24.3. The minimum atomic E-state index is -0.00505. The van der Waals surface area contributed by atoms with E-state index in [0.717, 1.165) is 19.4 Å². The zero-order valence-electron chi connectivity index (χ0n) is 9.48. The number of hydrogen-bond donors (Lipinski definition) is 1. The summed E-state index contributed by atoms with van der Waals surface area (Å²) in [5.41, 5.74) is 0.712. The molecule has 86 valence electrons. The Morgan fingerprint density at radius 2 is 2.19 bits per heavy atom. The molecular formula is C13H17NO2. The fraction of sp³-hybridized carbons (Fsp3) is 0.462. The number of hydrogen-bond acceptors (Lipinski definition) is 2. The van der Waals surface area contributed by atoms with Crippen molar-refractivity contribution < 1.29 is 9.53 Å². The first kappa shape index (κ1) is 11.1. The molecular weight excluding hydrogens is 202 g/mol. The van der Waals surface area contributed by atoms with E-state index < -0.39 is 0 Å². The molecule has 1 aromatic carbocycles. The van der Waals surface area contributed by atoms with E-state index in [9.17, 15) is 4.79 Å². The van der Waals surface area contributed by atoms with Crippen molar-refractivity contribution in [1.82, 2.24) is 5.32 Å². The third-order valence-corrected chi connectivity index (χ3v) is 2.96. The van der Waals surface area contributed by atoms with Crippen molar-refractivity contribution in [2.24, 2.45) is 0 Å². The summed E-state index contributed by atoms with van der Waals surface area (Å²) in [6.07, 6.45) is 2.03. The fourth-order valence-electron chi connectivity index (χ4n) is 2.06. The lowest BCUT2D eigenvalue weighted by Crippen LogP contribution is -2.40. The van der Waals surface area contributed by atoms with Crippen LogP contribution in [0.2, 0.25) is 0 Å². The van der Waals surface area contributed by atoms with Gasteiger partial charge in [0, 0.05) is 12.2 Å². The van der Waals surface area contributed by atoms with Gasteiger partial charge in [-0.1, -0.05) is 25.1 Å². The maximum Gasteiger partial charge on any atom is 0.251 e. The van der Waals surface area contributed by atoms with Gasteiger partial charge in [-0.2, -0.15) is 0 Å². The number of nitrogens with one attached hydrogen (secondary N) is 1. The highest BCUT2D eigenvalue weighted by Gasteiger charge is 2.28. The van der Waals surface area contributed by atoms with Crippen molar-refractivity contribution >= 4 is 5.91 Å². The molecule has 0 spiro atoms. The third-order valence-electron chi connectivity index (χ3n) is 2.96. The molecule has 1 N–H and O–H groups in total. The van der Waals surface area contributed by atoms with Gasteiger partial charge in [0.15, 0.2) is 0 Å². The largest absolute Gasteiger partial charge is 0.376 e. The first-order valence-electron chi connectivity index (χ1n) is 5.78. The highest BCUT2D eigenvalue weighted by molar-refractivity contribution is 5.94. The molecule has 1 heterocycles. The fourth-order valence-corrected chi connectivity index (χ4v) is 2.06. The van der Waals surface area contributed by atoms with Crippen LogP contribution < -0.4 is 5.32 Å². The minimum absolute atomic E-state index is 0.00505. The molecule has 0 saturated carbocycles. The Balaban J connectivity index is 1.97. The molecule has 1 saturated heterocycles. The zero-order valence-corrected chi connectivity index (χ0v) is 9.48. The maximum absolute atomic E-state index is 11.9. The first-order valence-corrected chi connectivity index (χ1v) is 5.78. The standard InChI is InChI=1S/C13H17NO2/c1-2-12-11(8-9-16-12)14-13(15)10-6-4-3-5-7-10/h3-7,11-12H,2,8-9H2,1H3,(H,14,15)/t11-,12+/m1/s1. The molecule has 1 aliphatic heterocycles. The van der Waals surface area contributed by atoms with E-state index in [-0.39, 0.29) is 18.1 Å². The van der Waals surface area contributed by atoms with E-state index in [1.807, 2.05) is 30.3 Å². The molecule has 2 rings (SSSR count). The Morgan fingerprint density at radius 1 is 1.44 bits per heavy atom. The van der Waals surface area contributed by atoms with E-state index in [1.54, 1.807) is 0 Å². The van der Waals surface area contributed by atoms with Gasteiger partial charge in [0.05, 0.1) is 12.1 Å². The average Bonchev–Trinajstić information content (AvgIpc) is 2.77. The van der Waals surface area contributed by atoms with Crippen LogP contribution in [0.5, 0.6) is 0 Å². The Bertz CT molecular complexity index is 350. The molecule has 2 atom stereocenters. The number of benzene rings is 1. The van der Waals surface area contributed by atoms with Crippen LogP contribution in [0.15, 0.2) is 30.3 Å².